The van der Waals surface area contributed by atoms with Gasteiger partial charge in [-0.3, -0.25) is 0 Å². The van der Waals surface area contributed by atoms with Crippen molar-refractivity contribution in [3.63, 3.8) is 0 Å². The molecular weight excluding hydrogens is 405 g/mol. The van der Waals surface area contributed by atoms with Crippen molar-refractivity contribution < 1.29 is 17.9 Å². The molecule has 0 fully saturated rings. The zero-order chi connectivity index (χ0) is 21.2. The number of halogens is 4. The molecule has 0 bridgehead atoms. The number of alkyl halides is 3. The summed E-state index contributed by atoms with van der Waals surface area (Å²) in [6, 6.07) is 5.74. The van der Waals surface area contributed by atoms with E-state index in [0.717, 1.165) is 22.5 Å². The maximum Gasteiger partial charge on any atom is 0.389 e. The van der Waals surface area contributed by atoms with E-state index in [0.29, 0.717) is 22.0 Å². The number of fused-ring (bicyclic) bond motifs is 1. The fraction of sp³-hybridized carbons (Fsp3) is 0.400. The Bertz CT molecular complexity index is 1020. The standard InChI is InChI=1S/C20H22ClF3N4O/c1-12-26-11-17(28(12)2)13-5-6-16-14(9-13)18(21)15(19(27-16)29-3)10-25-8-4-7-20(22,23)24/h5-6,9,11,25H,4,7-8,10H2,1-3H3. The van der Waals surface area contributed by atoms with Gasteiger partial charge >= 0.3 is 6.18 Å². The van der Waals surface area contributed by atoms with Gasteiger partial charge in [0.15, 0.2) is 0 Å². The van der Waals surface area contributed by atoms with Gasteiger partial charge in [-0.2, -0.15) is 13.2 Å². The van der Waals surface area contributed by atoms with Gasteiger partial charge in [0.05, 0.1) is 29.5 Å². The minimum atomic E-state index is -4.15. The number of rotatable bonds is 7. The van der Waals surface area contributed by atoms with Gasteiger partial charge in [0, 0.05) is 36.5 Å². The van der Waals surface area contributed by atoms with Crippen LogP contribution in [0.3, 0.4) is 0 Å². The average molecular weight is 427 g/mol. The summed E-state index contributed by atoms with van der Waals surface area (Å²) in [6.45, 7) is 2.40. The summed E-state index contributed by atoms with van der Waals surface area (Å²) in [4.78, 5) is 8.83. The fourth-order valence-electron chi connectivity index (χ4n) is 3.12. The fourth-order valence-corrected chi connectivity index (χ4v) is 3.42. The largest absolute Gasteiger partial charge is 0.481 e. The first-order valence-electron chi connectivity index (χ1n) is 9.13. The van der Waals surface area contributed by atoms with Crippen LogP contribution >= 0.6 is 11.6 Å². The summed E-state index contributed by atoms with van der Waals surface area (Å²) in [5.74, 6) is 1.25. The number of nitrogens with one attached hydrogen (secondary N) is 1. The van der Waals surface area contributed by atoms with Crippen LogP contribution in [-0.4, -0.2) is 34.4 Å². The first kappa shape index (κ1) is 21.4. The van der Waals surface area contributed by atoms with E-state index in [1.54, 1.807) is 6.20 Å². The number of aromatic nitrogens is 3. The van der Waals surface area contributed by atoms with E-state index >= 15 is 0 Å². The maximum absolute atomic E-state index is 12.3. The summed E-state index contributed by atoms with van der Waals surface area (Å²) in [6.07, 6.45) is -3.19. The second kappa shape index (κ2) is 8.59. The molecule has 2 aromatic heterocycles. The van der Waals surface area contributed by atoms with Crippen LogP contribution in [0.25, 0.3) is 22.2 Å². The van der Waals surface area contributed by atoms with Crippen LogP contribution in [0.1, 0.15) is 24.2 Å². The molecule has 156 valence electrons. The van der Waals surface area contributed by atoms with E-state index in [-0.39, 0.29) is 19.5 Å². The lowest BCUT2D eigenvalue weighted by Gasteiger charge is -2.14. The summed E-state index contributed by atoms with van der Waals surface area (Å²) in [5.41, 5.74) is 3.18. The van der Waals surface area contributed by atoms with Gasteiger partial charge in [-0.1, -0.05) is 17.7 Å². The van der Waals surface area contributed by atoms with E-state index in [2.05, 4.69) is 15.3 Å². The molecule has 0 spiro atoms. The van der Waals surface area contributed by atoms with Crippen LogP contribution in [0.4, 0.5) is 13.2 Å². The molecule has 2 heterocycles. The molecular formula is C20H22ClF3N4O. The molecule has 5 nitrogen and oxygen atoms in total. The van der Waals surface area contributed by atoms with Crippen molar-refractivity contribution in [2.24, 2.45) is 7.05 Å². The number of nitrogens with zero attached hydrogens (tertiary/aromatic N) is 3. The predicted molar refractivity (Wildman–Crippen MR) is 107 cm³/mol. The highest BCUT2D eigenvalue weighted by atomic mass is 35.5. The summed E-state index contributed by atoms with van der Waals surface area (Å²) >= 11 is 6.65. The van der Waals surface area contributed by atoms with E-state index < -0.39 is 12.6 Å². The minimum Gasteiger partial charge on any atom is -0.481 e. The molecule has 0 saturated carbocycles. The first-order chi connectivity index (χ1) is 13.7. The molecule has 0 aliphatic rings. The number of aryl methyl sites for hydroxylation is 1. The molecule has 0 saturated heterocycles. The predicted octanol–water partition coefficient (Wildman–Crippen LogP) is 5.04. The van der Waals surface area contributed by atoms with E-state index in [1.807, 2.05) is 36.7 Å². The Labute approximate surface area is 171 Å². The molecule has 0 radical (unpaired) electrons. The second-order valence-corrected chi connectivity index (χ2v) is 7.17. The van der Waals surface area contributed by atoms with Crippen LogP contribution in [0, 0.1) is 6.92 Å². The van der Waals surface area contributed by atoms with E-state index in [1.165, 1.54) is 7.11 Å². The third-order valence-electron chi connectivity index (χ3n) is 4.80. The second-order valence-electron chi connectivity index (χ2n) is 6.79. The number of hydrogen-bond donors (Lipinski definition) is 1. The quantitative estimate of drug-likeness (QED) is 0.538. The number of ether oxygens (including phenoxy) is 1. The van der Waals surface area contributed by atoms with Crippen molar-refractivity contribution in [3.8, 4) is 17.1 Å². The Morgan fingerprint density at radius 3 is 2.66 bits per heavy atom. The van der Waals surface area contributed by atoms with E-state index in [9.17, 15) is 13.2 Å². The van der Waals surface area contributed by atoms with Gasteiger partial charge in [-0.15, -0.1) is 0 Å². The van der Waals surface area contributed by atoms with Crippen LogP contribution < -0.4 is 10.1 Å². The number of methoxy groups -OCH3 is 1. The zero-order valence-corrected chi connectivity index (χ0v) is 17.2. The normalized spacial score (nSPS) is 12.0. The summed E-state index contributed by atoms with van der Waals surface area (Å²) < 4.78 is 44.2. The molecule has 1 aromatic carbocycles. The number of hydrogen-bond acceptors (Lipinski definition) is 4. The van der Waals surface area contributed by atoms with Gasteiger partial charge in [-0.25, -0.2) is 9.97 Å². The average Bonchev–Trinajstić information content (AvgIpc) is 3.00. The van der Waals surface area contributed by atoms with Crippen molar-refractivity contribution >= 4 is 22.5 Å². The highest BCUT2D eigenvalue weighted by molar-refractivity contribution is 6.36. The SMILES string of the molecule is COc1nc2ccc(-c3cnc(C)n3C)cc2c(Cl)c1CNCCCC(F)(F)F. The van der Waals surface area contributed by atoms with Crippen LogP contribution in [0.15, 0.2) is 24.4 Å². The molecule has 1 N–H and O–H groups in total. The van der Waals surface area contributed by atoms with Gasteiger partial charge in [-0.05, 0) is 32.0 Å². The number of benzene rings is 1. The van der Waals surface area contributed by atoms with Crippen molar-refractivity contribution in [1.82, 2.24) is 19.9 Å². The Kier molecular flexibility index (Phi) is 6.33. The maximum atomic E-state index is 12.3. The lowest BCUT2D eigenvalue weighted by molar-refractivity contribution is -0.135. The van der Waals surface area contributed by atoms with Crippen molar-refractivity contribution in [3.05, 3.63) is 40.8 Å². The molecule has 29 heavy (non-hydrogen) atoms. The molecule has 0 aliphatic carbocycles. The van der Waals surface area contributed by atoms with Crippen LogP contribution in [-0.2, 0) is 13.6 Å². The minimum absolute atomic E-state index is 0.00552. The Balaban J connectivity index is 1.88. The third kappa shape index (κ3) is 4.82. The molecule has 0 amide bonds. The molecule has 9 heteroatoms. The smallest absolute Gasteiger partial charge is 0.389 e. The highest BCUT2D eigenvalue weighted by Crippen LogP contribution is 2.34. The third-order valence-corrected chi connectivity index (χ3v) is 5.23. The van der Waals surface area contributed by atoms with Gasteiger partial charge in [0.2, 0.25) is 5.88 Å². The zero-order valence-electron chi connectivity index (χ0n) is 16.4. The van der Waals surface area contributed by atoms with E-state index in [4.69, 9.17) is 16.3 Å². The topological polar surface area (TPSA) is 52.0 Å². The molecule has 0 unspecified atom stereocenters. The molecule has 3 rings (SSSR count). The van der Waals surface area contributed by atoms with Crippen LogP contribution in [0.5, 0.6) is 5.88 Å². The first-order valence-corrected chi connectivity index (χ1v) is 9.51. The number of pyridine rings is 1. The monoisotopic (exact) mass is 426 g/mol. The van der Waals surface area contributed by atoms with Gasteiger partial charge in [0.1, 0.15) is 5.82 Å². The van der Waals surface area contributed by atoms with Crippen LogP contribution in [0.2, 0.25) is 5.02 Å². The van der Waals surface area contributed by atoms with Crippen molar-refractivity contribution in [2.75, 3.05) is 13.7 Å². The molecule has 0 aliphatic heterocycles. The number of imidazole rings is 1. The van der Waals surface area contributed by atoms with Gasteiger partial charge in [0.25, 0.3) is 0 Å². The van der Waals surface area contributed by atoms with Crippen molar-refractivity contribution in [1.29, 1.82) is 0 Å². The Hall–Kier alpha value is -2.32. The summed E-state index contributed by atoms with van der Waals surface area (Å²) in [7, 11) is 3.43. The summed E-state index contributed by atoms with van der Waals surface area (Å²) in [5, 5.41) is 4.21. The Morgan fingerprint density at radius 1 is 1.28 bits per heavy atom. The lowest BCUT2D eigenvalue weighted by Crippen LogP contribution is -2.18. The molecule has 3 aromatic rings. The molecule has 0 atom stereocenters. The Morgan fingerprint density at radius 2 is 2.03 bits per heavy atom. The highest BCUT2D eigenvalue weighted by Gasteiger charge is 2.25. The van der Waals surface area contributed by atoms with Crippen molar-refractivity contribution in [2.45, 2.75) is 32.5 Å². The van der Waals surface area contributed by atoms with Gasteiger partial charge < -0.3 is 14.6 Å². The lowest BCUT2D eigenvalue weighted by atomic mass is 10.1.